The highest BCUT2D eigenvalue weighted by Gasteiger charge is 2.32. The molecule has 1 unspecified atom stereocenters. The number of aromatic hydroxyl groups is 1. The topological polar surface area (TPSA) is 69.6 Å². The van der Waals surface area contributed by atoms with Gasteiger partial charge in [-0.1, -0.05) is 40.2 Å². The first kappa shape index (κ1) is 17.5. The Hall–Kier alpha value is -1.85. The minimum Gasteiger partial charge on any atom is -0.508 e. The Balaban J connectivity index is 2.15. The number of carboxylic acids is 1. The van der Waals surface area contributed by atoms with Gasteiger partial charge in [-0.2, -0.15) is 0 Å². The van der Waals surface area contributed by atoms with Crippen LogP contribution in [0.3, 0.4) is 0 Å². The van der Waals surface area contributed by atoms with Crippen molar-refractivity contribution < 1.29 is 15.0 Å². The van der Waals surface area contributed by atoms with E-state index in [0.29, 0.717) is 6.54 Å². The van der Waals surface area contributed by atoms with Gasteiger partial charge in [0.25, 0.3) is 0 Å². The van der Waals surface area contributed by atoms with Crippen LogP contribution in [0.1, 0.15) is 23.6 Å². The Kier molecular flexibility index (Phi) is 5.44. The molecule has 2 rings (SSSR count). The van der Waals surface area contributed by atoms with Crippen LogP contribution in [-0.2, 0) is 17.8 Å². The molecule has 1 atom stereocenters. The smallest absolute Gasteiger partial charge is 0.323 e. The van der Waals surface area contributed by atoms with E-state index in [2.05, 4.69) is 21.2 Å². The second-order valence-corrected chi connectivity index (χ2v) is 6.83. The first-order valence-corrected chi connectivity index (χ1v) is 8.11. The molecule has 0 aliphatic carbocycles. The van der Waals surface area contributed by atoms with E-state index in [1.807, 2.05) is 30.3 Å². The summed E-state index contributed by atoms with van der Waals surface area (Å²) in [5, 5.41) is 22.5. The number of nitrogens with one attached hydrogen (secondary N) is 1. The third kappa shape index (κ3) is 4.56. The lowest BCUT2D eigenvalue weighted by Crippen LogP contribution is -2.50. The molecule has 23 heavy (non-hydrogen) atoms. The Morgan fingerprint density at radius 2 is 1.96 bits per heavy atom. The molecule has 0 fully saturated rings. The summed E-state index contributed by atoms with van der Waals surface area (Å²) >= 11 is 3.41. The highest BCUT2D eigenvalue weighted by Crippen LogP contribution is 2.22. The number of halogens is 1. The molecule has 2 aromatic carbocycles. The van der Waals surface area contributed by atoms with Gasteiger partial charge in [0.2, 0.25) is 0 Å². The first-order chi connectivity index (χ1) is 10.8. The van der Waals surface area contributed by atoms with Crippen molar-refractivity contribution in [2.24, 2.45) is 0 Å². The third-order valence-electron chi connectivity index (χ3n) is 3.87. The van der Waals surface area contributed by atoms with Crippen LogP contribution in [-0.4, -0.2) is 21.7 Å². The summed E-state index contributed by atoms with van der Waals surface area (Å²) in [6, 6.07) is 13.0. The van der Waals surface area contributed by atoms with E-state index < -0.39 is 11.5 Å². The van der Waals surface area contributed by atoms with E-state index in [4.69, 9.17) is 0 Å². The molecule has 0 saturated carbocycles. The van der Waals surface area contributed by atoms with E-state index in [0.717, 1.165) is 21.2 Å². The Bertz CT molecular complexity index is 717. The van der Waals surface area contributed by atoms with E-state index in [1.54, 1.807) is 26.0 Å². The van der Waals surface area contributed by atoms with E-state index in [-0.39, 0.29) is 12.2 Å². The zero-order valence-electron chi connectivity index (χ0n) is 13.1. The summed E-state index contributed by atoms with van der Waals surface area (Å²) in [7, 11) is 0. The molecule has 0 amide bonds. The van der Waals surface area contributed by atoms with Crippen LogP contribution in [0.4, 0.5) is 0 Å². The van der Waals surface area contributed by atoms with Crippen LogP contribution in [0.15, 0.2) is 46.9 Å². The molecule has 122 valence electrons. The summed E-state index contributed by atoms with van der Waals surface area (Å²) in [4.78, 5) is 11.7. The van der Waals surface area contributed by atoms with Crippen LogP contribution >= 0.6 is 15.9 Å². The lowest BCUT2D eigenvalue weighted by Gasteiger charge is -2.27. The van der Waals surface area contributed by atoms with Gasteiger partial charge in [-0.15, -0.1) is 0 Å². The predicted octanol–water partition coefficient (Wildman–Crippen LogP) is 3.64. The van der Waals surface area contributed by atoms with E-state index in [1.165, 1.54) is 0 Å². The van der Waals surface area contributed by atoms with Crippen molar-refractivity contribution in [3.8, 4) is 5.75 Å². The minimum atomic E-state index is -1.12. The van der Waals surface area contributed by atoms with Crippen molar-refractivity contribution in [2.75, 3.05) is 0 Å². The zero-order chi connectivity index (χ0) is 17.0. The predicted molar refractivity (Wildman–Crippen MR) is 93.6 cm³/mol. The first-order valence-electron chi connectivity index (χ1n) is 7.31. The van der Waals surface area contributed by atoms with Crippen molar-refractivity contribution >= 4 is 21.9 Å². The Labute approximate surface area is 144 Å². The number of carboxylic acid groups (broad SMARTS) is 1. The normalized spacial score (nSPS) is 13.5. The molecule has 0 radical (unpaired) electrons. The van der Waals surface area contributed by atoms with Crippen LogP contribution in [0.2, 0.25) is 0 Å². The monoisotopic (exact) mass is 377 g/mol. The van der Waals surface area contributed by atoms with Crippen LogP contribution < -0.4 is 5.32 Å². The minimum absolute atomic E-state index is 0.183. The van der Waals surface area contributed by atoms with Gasteiger partial charge in [-0.3, -0.25) is 10.1 Å². The summed E-state index contributed by atoms with van der Waals surface area (Å²) in [6.07, 6.45) is 0.282. The number of hydrogen-bond donors (Lipinski definition) is 3. The SMILES string of the molecule is Cc1ccc(CC(C)(NCc2cccc(Br)c2)C(=O)O)cc1O. The van der Waals surface area contributed by atoms with Gasteiger partial charge in [0.15, 0.2) is 0 Å². The lowest BCUT2D eigenvalue weighted by molar-refractivity contribution is -0.144. The molecule has 0 aliphatic rings. The highest BCUT2D eigenvalue weighted by atomic mass is 79.9. The number of phenolic OH excluding ortho intramolecular Hbond substituents is 1. The fourth-order valence-electron chi connectivity index (χ4n) is 2.33. The van der Waals surface area contributed by atoms with Gasteiger partial charge >= 0.3 is 5.97 Å². The lowest BCUT2D eigenvalue weighted by atomic mass is 9.92. The fourth-order valence-corrected chi connectivity index (χ4v) is 2.78. The van der Waals surface area contributed by atoms with Gasteiger partial charge < -0.3 is 10.2 Å². The van der Waals surface area contributed by atoms with Crippen LogP contribution in [0.25, 0.3) is 0 Å². The Morgan fingerprint density at radius 1 is 1.22 bits per heavy atom. The molecule has 5 heteroatoms. The zero-order valence-corrected chi connectivity index (χ0v) is 14.7. The largest absolute Gasteiger partial charge is 0.508 e. The third-order valence-corrected chi connectivity index (χ3v) is 4.37. The number of rotatable bonds is 6. The average molecular weight is 378 g/mol. The number of aryl methyl sites for hydroxylation is 1. The molecule has 0 aliphatic heterocycles. The number of phenols is 1. The molecular weight excluding hydrogens is 358 g/mol. The van der Waals surface area contributed by atoms with E-state index >= 15 is 0 Å². The van der Waals surface area contributed by atoms with Crippen molar-refractivity contribution in [2.45, 2.75) is 32.4 Å². The molecule has 0 spiro atoms. The molecule has 0 saturated heterocycles. The van der Waals surface area contributed by atoms with Gasteiger partial charge in [0.1, 0.15) is 11.3 Å². The average Bonchev–Trinajstić information content (AvgIpc) is 2.49. The molecule has 0 heterocycles. The molecule has 0 bridgehead atoms. The van der Waals surface area contributed by atoms with Gasteiger partial charge in [-0.05, 0) is 48.7 Å². The van der Waals surface area contributed by atoms with Crippen molar-refractivity contribution in [3.63, 3.8) is 0 Å². The summed E-state index contributed by atoms with van der Waals surface area (Å²) < 4.78 is 0.956. The molecule has 2 aromatic rings. The van der Waals surface area contributed by atoms with Crippen LogP contribution in [0, 0.1) is 6.92 Å². The number of hydrogen-bond acceptors (Lipinski definition) is 3. The van der Waals surface area contributed by atoms with E-state index in [9.17, 15) is 15.0 Å². The Morgan fingerprint density at radius 3 is 2.57 bits per heavy atom. The van der Waals surface area contributed by atoms with Crippen molar-refractivity contribution in [1.82, 2.24) is 5.32 Å². The van der Waals surface area contributed by atoms with Crippen molar-refractivity contribution in [1.29, 1.82) is 0 Å². The standard InChI is InChI=1S/C18H20BrNO3/c1-12-6-7-13(9-16(12)21)10-18(2,17(22)23)20-11-14-4-3-5-15(19)8-14/h3-9,20-21H,10-11H2,1-2H3,(H,22,23). The second-order valence-electron chi connectivity index (χ2n) is 5.92. The maximum atomic E-state index is 11.7. The maximum Gasteiger partial charge on any atom is 0.323 e. The fraction of sp³-hybridized carbons (Fsp3) is 0.278. The molecular formula is C18H20BrNO3. The van der Waals surface area contributed by atoms with Crippen molar-refractivity contribution in [3.05, 3.63) is 63.6 Å². The number of carbonyl (C=O) groups is 1. The molecule has 0 aromatic heterocycles. The highest BCUT2D eigenvalue weighted by molar-refractivity contribution is 9.10. The maximum absolute atomic E-state index is 11.7. The van der Waals surface area contributed by atoms with Gasteiger partial charge in [0, 0.05) is 17.4 Å². The molecule has 4 nitrogen and oxygen atoms in total. The van der Waals surface area contributed by atoms with Gasteiger partial charge in [0.05, 0.1) is 0 Å². The summed E-state index contributed by atoms with van der Waals surface area (Å²) in [5.41, 5.74) is 1.43. The van der Waals surface area contributed by atoms with Gasteiger partial charge in [-0.25, -0.2) is 0 Å². The summed E-state index contributed by atoms with van der Waals surface area (Å²) in [5.74, 6) is -0.741. The number of benzene rings is 2. The number of aliphatic carboxylic acids is 1. The van der Waals surface area contributed by atoms with Crippen LogP contribution in [0.5, 0.6) is 5.75 Å². The second kappa shape index (κ2) is 7.15. The molecule has 3 N–H and O–H groups in total. The quantitative estimate of drug-likeness (QED) is 0.718. The summed E-state index contributed by atoms with van der Waals surface area (Å²) in [6.45, 7) is 3.91.